The molecule has 0 aromatic heterocycles. The highest BCUT2D eigenvalue weighted by atomic mass is 16.1. The topological polar surface area (TPSA) is 32.3 Å². The molecule has 0 aliphatic heterocycles. The van der Waals surface area contributed by atoms with Crippen LogP contribution in [0.15, 0.2) is 0 Å². The van der Waals surface area contributed by atoms with Gasteiger partial charge in [0.25, 0.3) is 0 Å². The Kier molecular flexibility index (Phi) is 5.44. The summed E-state index contributed by atoms with van der Waals surface area (Å²) in [7, 11) is 2.16. The number of nitrogens with zero attached hydrogens (tertiary/aromatic N) is 1. The number of nitrogens with one attached hydrogen (secondary N) is 1. The first-order valence-electron chi connectivity index (χ1n) is 6.90. The minimum absolute atomic E-state index is 0.197. The summed E-state index contributed by atoms with van der Waals surface area (Å²) in [5.41, 5.74) is 0. The summed E-state index contributed by atoms with van der Waals surface area (Å²) in [6.07, 6.45) is 3.29. The third kappa shape index (κ3) is 5.07. The number of carbonyl (C=O) groups is 1. The molecule has 100 valence electrons. The van der Waals surface area contributed by atoms with Crippen LogP contribution in [0.5, 0.6) is 0 Å². The number of likely N-dealkylation sites (N-methyl/N-ethyl adjacent to an activating group) is 1. The van der Waals surface area contributed by atoms with Crippen LogP contribution in [0.25, 0.3) is 0 Å². The summed E-state index contributed by atoms with van der Waals surface area (Å²) in [4.78, 5) is 14.1. The Hall–Kier alpha value is -0.570. The lowest BCUT2D eigenvalue weighted by Gasteiger charge is -2.25. The van der Waals surface area contributed by atoms with Gasteiger partial charge in [0.1, 0.15) is 0 Å². The van der Waals surface area contributed by atoms with Gasteiger partial charge in [0.05, 0.1) is 0 Å². The summed E-state index contributed by atoms with van der Waals surface area (Å²) >= 11 is 0. The number of amides is 1. The Morgan fingerprint density at radius 2 is 1.88 bits per heavy atom. The van der Waals surface area contributed by atoms with Crippen molar-refractivity contribution in [3.8, 4) is 0 Å². The highest BCUT2D eigenvalue weighted by molar-refractivity contribution is 5.76. The van der Waals surface area contributed by atoms with Gasteiger partial charge in [-0.15, -0.1) is 0 Å². The van der Waals surface area contributed by atoms with Crippen LogP contribution < -0.4 is 5.32 Å². The molecule has 0 aromatic carbocycles. The van der Waals surface area contributed by atoms with Crippen LogP contribution in [0.3, 0.4) is 0 Å². The molecule has 3 nitrogen and oxygen atoms in total. The first kappa shape index (κ1) is 14.5. The molecule has 1 saturated carbocycles. The van der Waals surface area contributed by atoms with Crippen molar-refractivity contribution in [2.75, 3.05) is 13.6 Å². The van der Waals surface area contributed by atoms with Crippen LogP contribution in [0.2, 0.25) is 0 Å². The molecule has 0 bridgehead atoms. The fourth-order valence-corrected chi connectivity index (χ4v) is 1.85. The second-order valence-corrected chi connectivity index (χ2v) is 5.98. The highest BCUT2D eigenvalue weighted by Crippen LogP contribution is 2.26. The van der Waals surface area contributed by atoms with Crippen molar-refractivity contribution in [2.24, 2.45) is 11.8 Å². The van der Waals surface area contributed by atoms with E-state index >= 15 is 0 Å². The quantitative estimate of drug-likeness (QED) is 0.740. The molecule has 0 saturated heterocycles. The molecule has 1 aliphatic rings. The minimum atomic E-state index is 0.197. The molecule has 1 N–H and O–H groups in total. The van der Waals surface area contributed by atoms with Crippen molar-refractivity contribution in [2.45, 2.75) is 59.0 Å². The predicted octanol–water partition coefficient (Wildman–Crippen LogP) is 2.27. The third-order valence-electron chi connectivity index (χ3n) is 4.06. The molecule has 1 amide bonds. The van der Waals surface area contributed by atoms with Gasteiger partial charge < -0.3 is 5.32 Å². The first-order valence-corrected chi connectivity index (χ1v) is 6.90. The molecule has 0 radical (unpaired) electrons. The molecule has 2 atom stereocenters. The predicted molar refractivity (Wildman–Crippen MR) is 71.9 cm³/mol. The van der Waals surface area contributed by atoms with Gasteiger partial charge in [-0.05, 0) is 38.6 Å². The van der Waals surface area contributed by atoms with Crippen molar-refractivity contribution in [1.29, 1.82) is 0 Å². The smallest absolute Gasteiger partial charge is 0.220 e. The molecular formula is C14H28N2O. The lowest BCUT2D eigenvalue weighted by Crippen LogP contribution is -2.41. The zero-order valence-electron chi connectivity index (χ0n) is 12.0. The second kappa shape index (κ2) is 6.39. The maximum Gasteiger partial charge on any atom is 0.220 e. The number of rotatable bonds is 7. The van der Waals surface area contributed by atoms with Crippen LogP contribution in [-0.4, -0.2) is 36.5 Å². The second-order valence-electron chi connectivity index (χ2n) is 5.98. The van der Waals surface area contributed by atoms with E-state index in [-0.39, 0.29) is 5.91 Å². The van der Waals surface area contributed by atoms with Gasteiger partial charge in [-0.2, -0.15) is 0 Å². The Balaban J connectivity index is 2.18. The molecule has 1 aliphatic carbocycles. The summed E-state index contributed by atoms with van der Waals surface area (Å²) in [6, 6.07) is 1.21. The fraction of sp³-hybridized carbons (Fsp3) is 0.929. The van der Waals surface area contributed by atoms with Crippen molar-refractivity contribution in [3.05, 3.63) is 0 Å². The summed E-state index contributed by atoms with van der Waals surface area (Å²) in [5, 5.41) is 3.05. The van der Waals surface area contributed by atoms with Gasteiger partial charge in [0.15, 0.2) is 0 Å². The molecule has 1 fully saturated rings. The van der Waals surface area contributed by atoms with Crippen molar-refractivity contribution < 1.29 is 4.79 Å². The minimum Gasteiger partial charge on any atom is -0.355 e. The van der Waals surface area contributed by atoms with E-state index in [2.05, 4.69) is 45.0 Å². The van der Waals surface area contributed by atoms with Crippen LogP contribution >= 0.6 is 0 Å². The number of hydrogen-bond acceptors (Lipinski definition) is 2. The fourth-order valence-electron chi connectivity index (χ4n) is 1.85. The van der Waals surface area contributed by atoms with E-state index in [1.54, 1.807) is 0 Å². The van der Waals surface area contributed by atoms with E-state index in [4.69, 9.17) is 0 Å². The Labute approximate surface area is 106 Å². The zero-order chi connectivity index (χ0) is 13.0. The van der Waals surface area contributed by atoms with Gasteiger partial charge in [0.2, 0.25) is 5.91 Å². The molecule has 0 aromatic rings. The van der Waals surface area contributed by atoms with Crippen LogP contribution in [-0.2, 0) is 4.79 Å². The average Bonchev–Trinajstić information content (AvgIpc) is 3.08. The van der Waals surface area contributed by atoms with Gasteiger partial charge in [0, 0.05) is 25.0 Å². The lowest BCUT2D eigenvalue weighted by atomic mass is 9.94. The molecule has 0 spiro atoms. The largest absolute Gasteiger partial charge is 0.355 e. The molecule has 17 heavy (non-hydrogen) atoms. The maximum absolute atomic E-state index is 11.7. The van der Waals surface area contributed by atoms with Crippen LogP contribution in [0.4, 0.5) is 0 Å². The van der Waals surface area contributed by atoms with E-state index in [9.17, 15) is 4.79 Å². The van der Waals surface area contributed by atoms with Crippen molar-refractivity contribution in [3.63, 3.8) is 0 Å². The SMILES string of the molecule is CC(C)C(C)CC(=O)NCC(C)N(C)C1CC1. The Bertz CT molecular complexity index is 249. The Morgan fingerprint density at radius 1 is 1.29 bits per heavy atom. The van der Waals surface area contributed by atoms with Gasteiger partial charge in [-0.3, -0.25) is 9.69 Å². The summed E-state index contributed by atoms with van der Waals surface area (Å²) in [6.45, 7) is 9.44. The Morgan fingerprint density at radius 3 is 2.35 bits per heavy atom. The van der Waals surface area contributed by atoms with E-state index < -0.39 is 0 Å². The van der Waals surface area contributed by atoms with Gasteiger partial charge in [-0.25, -0.2) is 0 Å². The number of carbonyl (C=O) groups excluding carboxylic acids is 1. The van der Waals surface area contributed by atoms with Crippen molar-refractivity contribution >= 4 is 5.91 Å². The summed E-state index contributed by atoms with van der Waals surface area (Å²) in [5.74, 6) is 1.24. The van der Waals surface area contributed by atoms with Gasteiger partial charge in [-0.1, -0.05) is 20.8 Å². The first-order chi connectivity index (χ1) is 7.91. The highest BCUT2D eigenvalue weighted by Gasteiger charge is 2.29. The summed E-state index contributed by atoms with van der Waals surface area (Å²) < 4.78 is 0. The van der Waals surface area contributed by atoms with E-state index in [0.717, 1.165) is 12.6 Å². The monoisotopic (exact) mass is 240 g/mol. The van der Waals surface area contributed by atoms with Gasteiger partial charge >= 0.3 is 0 Å². The molecular weight excluding hydrogens is 212 g/mol. The lowest BCUT2D eigenvalue weighted by molar-refractivity contribution is -0.122. The van der Waals surface area contributed by atoms with E-state index in [0.29, 0.717) is 24.3 Å². The normalized spacial score (nSPS) is 19.5. The molecule has 2 unspecified atom stereocenters. The molecule has 0 heterocycles. The van der Waals surface area contributed by atoms with Crippen LogP contribution in [0, 0.1) is 11.8 Å². The van der Waals surface area contributed by atoms with E-state index in [1.165, 1.54) is 12.8 Å². The third-order valence-corrected chi connectivity index (χ3v) is 4.06. The van der Waals surface area contributed by atoms with Crippen molar-refractivity contribution in [1.82, 2.24) is 10.2 Å². The number of hydrogen-bond donors (Lipinski definition) is 1. The van der Waals surface area contributed by atoms with E-state index in [1.807, 2.05) is 0 Å². The standard InChI is InChI=1S/C14H28N2O/c1-10(2)11(3)8-14(17)15-9-12(4)16(5)13-6-7-13/h10-13H,6-9H2,1-5H3,(H,15,17). The zero-order valence-corrected chi connectivity index (χ0v) is 12.0. The molecule has 1 rings (SSSR count). The molecule has 3 heteroatoms. The van der Waals surface area contributed by atoms with Crippen LogP contribution in [0.1, 0.15) is 47.0 Å². The average molecular weight is 240 g/mol. The maximum atomic E-state index is 11.7.